The molecule has 0 aromatic carbocycles. The van der Waals surface area contributed by atoms with Crippen LogP contribution in [0.5, 0.6) is 0 Å². The van der Waals surface area contributed by atoms with Crippen LogP contribution in [0.15, 0.2) is 24.0 Å². The van der Waals surface area contributed by atoms with E-state index < -0.39 is 67.0 Å². The predicted octanol–water partition coefficient (Wildman–Crippen LogP) is -3.05. The van der Waals surface area contributed by atoms with Gasteiger partial charge in [-0.05, 0) is 6.08 Å². The summed E-state index contributed by atoms with van der Waals surface area (Å²) in [6.45, 7) is -0.658. The quantitative estimate of drug-likeness (QED) is 0.180. The molecule has 11 heteroatoms. The summed E-state index contributed by atoms with van der Waals surface area (Å²) in [4.78, 5) is 23.4. The number of fused-ring (bicyclic) bond motifs is 1. The standard InChI is InChI=1S/C17H22O11/c1-25-14(23)8-5-26-15(10-7(8)2-3-17(10,24)6-19)28-16-13(22)12(21)11(20)9(4-18)27-16/h2-3,5-7,9-13,15-16,18,20-22,24H,4H2,1H3/t7-,9-,10+,11+,12+,13-,15-,16-,17-/m0/s1. The van der Waals surface area contributed by atoms with Crippen LogP contribution in [0.1, 0.15) is 0 Å². The lowest BCUT2D eigenvalue weighted by atomic mass is 9.80. The number of aldehydes is 1. The number of hydrogen-bond donors (Lipinski definition) is 5. The zero-order valence-corrected chi connectivity index (χ0v) is 14.8. The third-order valence-electron chi connectivity index (χ3n) is 5.20. The Hall–Kier alpha value is -1.86. The average Bonchev–Trinajstić information content (AvgIpc) is 3.06. The number of aliphatic hydroxyl groups excluding tert-OH is 4. The van der Waals surface area contributed by atoms with Gasteiger partial charge in [0.15, 0.2) is 12.6 Å². The zero-order chi connectivity index (χ0) is 20.6. The number of allylic oxidation sites excluding steroid dienone is 1. The second kappa shape index (κ2) is 7.87. The van der Waals surface area contributed by atoms with Crippen molar-refractivity contribution in [3.63, 3.8) is 0 Å². The molecule has 0 amide bonds. The van der Waals surface area contributed by atoms with E-state index in [9.17, 15) is 35.1 Å². The molecule has 11 nitrogen and oxygen atoms in total. The van der Waals surface area contributed by atoms with Crippen molar-refractivity contribution in [2.24, 2.45) is 11.8 Å². The summed E-state index contributed by atoms with van der Waals surface area (Å²) in [5.41, 5.74) is -1.98. The maximum atomic E-state index is 12.0. The molecule has 9 atom stereocenters. The number of ether oxygens (including phenoxy) is 4. The predicted molar refractivity (Wildman–Crippen MR) is 87.0 cm³/mol. The molecule has 0 aromatic heterocycles. The number of hydrogen-bond acceptors (Lipinski definition) is 11. The fourth-order valence-corrected chi connectivity index (χ4v) is 3.61. The first-order valence-electron chi connectivity index (χ1n) is 8.55. The van der Waals surface area contributed by atoms with Gasteiger partial charge in [-0.2, -0.15) is 0 Å². The molecule has 1 aliphatic carbocycles. The Morgan fingerprint density at radius 1 is 1.25 bits per heavy atom. The van der Waals surface area contributed by atoms with Crippen LogP contribution in [0, 0.1) is 11.8 Å². The lowest BCUT2D eigenvalue weighted by molar-refractivity contribution is -0.344. The first kappa shape index (κ1) is 20.9. The van der Waals surface area contributed by atoms with E-state index in [1.807, 2.05) is 0 Å². The van der Waals surface area contributed by atoms with Gasteiger partial charge < -0.3 is 44.5 Å². The minimum absolute atomic E-state index is 0.0511. The van der Waals surface area contributed by atoms with Gasteiger partial charge in [-0.3, -0.25) is 4.79 Å². The van der Waals surface area contributed by atoms with Gasteiger partial charge in [-0.15, -0.1) is 0 Å². The van der Waals surface area contributed by atoms with Crippen LogP contribution in [-0.2, 0) is 28.5 Å². The largest absolute Gasteiger partial charge is 0.471 e. The van der Waals surface area contributed by atoms with Gasteiger partial charge in [-0.1, -0.05) is 6.08 Å². The van der Waals surface area contributed by atoms with Crippen molar-refractivity contribution in [2.45, 2.75) is 42.6 Å². The first-order chi connectivity index (χ1) is 13.3. The summed E-state index contributed by atoms with van der Waals surface area (Å²) < 4.78 is 20.8. The van der Waals surface area contributed by atoms with E-state index in [0.29, 0.717) is 0 Å². The number of rotatable bonds is 5. The topological polar surface area (TPSA) is 172 Å². The number of carbonyl (C=O) groups is 2. The van der Waals surface area contributed by atoms with Gasteiger partial charge in [-0.25, -0.2) is 4.79 Å². The Labute approximate surface area is 159 Å². The summed E-state index contributed by atoms with van der Waals surface area (Å²) in [7, 11) is 1.17. The molecule has 1 fully saturated rings. The van der Waals surface area contributed by atoms with Gasteiger partial charge in [0, 0.05) is 5.92 Å². The molecule has 2 aliphatic heterocycles. The molecule has 0 saturated carbocycles. The first-order valence-corrected chi connectivity index (χ1v) is 8.55. The number of carbonyl (C=O) groups excluding carboxylic acids is 2. The van der Waals surface area contributed by atoms with Crippen LogP contribution in [0.25, 0.3) is 0 Å². The van der Waals surface area contributed by atoms with Crippen LogP contribution < -0.4 is 0 Å². The molecule has 2 heterocycles. The average molecular weight is 402 g/mol. The molecular weight excluding hydrogens is 380 g/mol. The third kappa shape index (κ3) is 3.35. The summed E-state index contributed by atoms with van der Waals surface area (Å²) in [5, 5.41) is 49.7. The highest BCUT2D eigenvalue weighted by molar-refractivity contribution is 5.90. The van der Waals surface area contributed by atoms with E-state index in [1.165, 1.54) is 19.3 Å². The van der Waals surface area contributed by atoms with Crippen molar-refractivity contribution >= 4 is 12.3 Å². The lowest BCUT2D eigenvalue weighted by Crippen LogP contribution is -2.61. The molecule has 156 valence electrons. The summed E-state index contributed by atoms with van der Waals surface area (Å²) >= 11 is 0. The van der Waals surface area contributed by atoms with Crippen molar-refractivity contribution < 1.29 is 54.1 Å². The Kier molecular flexibility index (Phi) is 5.87. The van der Waals surface area contributed by atoms with Gasteiger partial charge in [0.1, 0.15) is 30.0 Å². The second-order valence-corrected chi connectivity index (χ2v) is 6.82. The van der Waals surface area contributed by atoms with Crippen LogP contribution in [0.4, 0.5) is 0 Å². The molecule has 0 aromatic rings. The number of methoxy groups -OCH3 is 1. The van der Waals surface area contributed by atoms with E-state index in [0.717, 1.165) is 6.26 Å². The fraction of sp³-hybridized carbons (Fsp3) is 0.647. The van der Waals surface area contributed by atoms with Crippen molar-refractivity contribution in [1.29, 1.82) is 0 Å². The Bertz CT molecular complexity index is 674. The molecular formula is C17H22O11. The summed E-state index contributed by atoms with van der Waals surface area (Å²) in [5.74, 6) is -2.62. The summed E-state index contributed by atoms with van der Waals surface area (Å²) in [6, 6.07) is 0. The van der Waals surface area contributed by atoms with E-state index in [-0.39, 0.29) is 11.9 Å². The van der Waals surface area contributed by atoms with Gasteiger partial charge in [0.2, 0.25) is 6.29 Å². The third-order valence-corrected chi connectivity index (χ3v) is 5.20. The van der Waals surface area contributed by atoms with Crippen LogP contribution >= 0.6 is 0 Å². The second-order valence-electron chi connectivity index (χ2n) is 6.82. The van der Waals surface area contributed by atoms with Crippen LogP contribution in [-0.4, -0.2) is 94.1 Å². The smallest absolute Gasteiger partial charge is 0.337 e. The van der Waals surface area contributed by atoms with E-state index in [4.69, 9.17) is 14.2 Å². The molecule has 5 N–H and O–H groups in total. The van der Waals surface area contributed by atoms with Crippen molar-refractivity contribution in [3.05, 3.63) is 24.0 Å². The summed E-state index contributed by atoms with van der Waals surface area (Å²) in [6.07, 6.45) is -5.13. The van der Waals surface area contributed by atoms with Crippen molar-refractivity contribution in [2.75, 3.05) is 13.7 Å². The van der Waals surface area contributed by atoms with Crippen LogP contribution in [0.3, 0.4) is 0 Å². The van der Waals surface area contributed by atoms with E-state index in [1.54, 1.807) is 0 Å². The monoisotopic (exact) mass is 402 g/mol. The molecule has 0 spiro atoms. The normalized spacial score (nSPS) is 45.0. The van der Waals surface area contributed by atoms with Crippen molar-refractivity contribution in [1.82, 2.24) is 0 Å². The molecule has 28 heavy (non-hydrogen) atoms. The molecule has 3 rings (SSSR count). The molecule has 1 saturated heterocycles. The maximum absolute atomic E-state index is 12.0. The Morgan fingerprint density at radius 2 is 1.96 bits per heavy atom. The minimum atomic E-state index is -2.03. The molecule has 0 bridgehead atoms. The molecule has 3 aliphatic rings. The maximum Gasteiger partial charge on any atom is 0.337 e. The van der Waals surface area contributed by atoms with E-state index >= 15 is 0 Å². The zero-order valence-electron chi connectivity index (χ0n) is 14.8. The highest BCUT2D eigenvalue weighted by atomic mass is 16.8. The van der Waals surface area contributed by atoms with Crippen molar-refractivity contribution in [3.8, 4) is 0 Å². The SMILES string of the molecule is COC(=O)C1=CO[C@@H](O[C@@H]2O[C@@H](CO)[C@@H](O)[C@@H](O)[C@@H]2O)[C@H]2[C@H]1C=C[C@]2(O)C=O. The Balaban J connectivity index is 1.86. The molecule has 0 radical (unpaired) electrons. The van der Waals surface area contributed by atoms with Gasteiger partial charge in [0.05, 0.1) is 31.5 Å². The highest BCUT2D eigenvalue weighted by Gasteiger charge is 2.55. The van der Waals surface area contributed by atoms with Crippen LogP contribution in [0.2, 0.25) is 0 Å². The fourth-order valence-electron chi connectivity index (χ4n) is 3.61. The van der Waals surface area contributed by atoms with Gasteiger partial charge in [0.25, 0.3) is 0 Å². The molecule has 0 unspecified atom stereocenters. The van der Waals surface area contributed by atoms with Gasteiger partial charge >= 0.3 is 5.97 Å². The lowest BCUT2D eigenvalue weighted by Gasteiger charge is -2.43. The minimum Gasteiger partial charge on any atom is -0.471 e. The highest BCUT2D eigenvalue weighted by Crippen LogP contribution is 2.45. The Morgan fingerprint density at radius 3 is 2.57 bits per heavy atom. The number of aliphatic hydroxyl groups is 5. The van der Waals surface area contributed by atoms with E-state index in [2.05, 4.69) is 4.74 Å². The number of esters is 1.